The molecular formula is C11H14N2O3. The van der Waals surface area contributed by atoms with Crippen molar-refractivity contribution >= 4 is 11.8 Å². The molecule has 0 bridgehead atoms. The first kappa shape index (κ1) is 10.7. The highest BCUT2D eigenvalue weighted by atomic mass is 16.3. The summed E-state index contributed by atoms with van der Waals surface area (Å²) in [5, 5.41) is 5.43. The molecule has 1 saturated heterocycles. The number of carbonyl (C=O) groups is 2. The van der Waals surface area contributed by atoms with Crippen molar-refractivity contribution < 1.29 is 14.0 Å². The van der Waals surface area contributed by atoms with Crippen LogP contribution in [0, 0.1) is 0 Å². The summed E-state index contributed by atoms with van der Waals surface area (Å²) in [6, 6.07) is 2.77. The average Bonchev–Trinajstić information content (AvgIpc) is 2.73. The molecule has 0 saturated carbocycles. The minimum atomic E-state index is -0.444. The van der Waals surface area contributed by atoms with Gasteiger partial charge in [-0.1, -0.05) is 0 Å². The Hall–Kier alpha value is -1.78. The fourth-order valence-electron chi connectivity index (χ4n) is 1.71. The van der Waals surface area contributed by atoms with Gasteiger partial charge in [0, 0.05) is 6.54 Å². The van der Waals surface area contributed by atoms with Gasteiger partial charge in [-0.3, -0.25) is 9.59 Å². The fourth-order valence-corrected chi connectivity index (χ4v) is 1.71. The van der Waals surface area contributed by atoms with Crippen molar-refractivity contribution in [3.63, 3.8) is 0 Å². The Morgan fingerprint density at radius 2 is 2.38 bits per heavy atom. The van der Waals surface area contributed by atoms with E-state index in [1.165, 1.54) is 6.26 Å². The van der Waals surface area contributed by atoms with Crippen LogP contribution in [0.15, 0.2) is 22.8 Å². The zero-order valence-electron chi connectivity index (χ0n) is 8.86. The highest BCUT2D eigenvalue weighted by Gasteiger charge is 2.23. The summed E-state index contributed by atoms with van der Waals surface area (Å²) in [6.45, 7) is 0.686. The van der Waals surface area contributed by atoms with Gasteiger partial charge in [0.25, 0.3) is 5.91 Å². The summed E-state index contributed by atoms with van der Waals surface area (Å²) >= 11 is 0. The molecule has 5 nitrogen and oxygen atoms in total. The first-order valence-electron chi connectivity index (χ1n) is 5.39. The van der Waals surface area contributed by atoms with Crippen molar-refractivity contribution in [1.29, 1.82) is 0 Å². The summed E-state index contributed by atoms with van der Waals surface area (Å²) in [7, 11) is 0. The number of amides is 2. The number of rotatable bonds is 2. The molecular weight excluding hydrogens is 208 g/mol. The van der Waals surface area contributed by atoms with Gasteiger partial charge in [-0.2, -0.15) is 0 Å². The van der Waals surface area contributed by atoms with E-state index in [2.05, 4.69) is 10.6 Å². The topological polar surface area (TPSA) is 71.3 Å². The third kappa shape index (κ3) is 2.42. The molecule has 16 heavy (non-hydrogen) atoms. The second kappa shape index (κ2) is 4.83. The lowest BCUT2D eigenvalue weighted by atomic mass is 10.1. The van der Waals surface area contributed by atoms with Crippen LogP contribution in [0.4, 0.5) is 0 Å². The second-order valence-electron chi connectivity index (χ2n) is 3.79. The Balaban J connectivity index is 1.97. The summed E-state index contributed by atoms with van der Waals surface area (Å²) in [5.74, 6) is -0.221. The first-order chi connectivity index (χ1) is 7.77. The van der Waals surface area contributed by atoms with Gasteiger partial charge in [-0.05, 0) is 31.4 Å². The molecule has 0 aliphatic carbocycles. The molecule has 1 aromatic heterocycles. The molecule has 1 aromatic rings. The van der Waals surface area contributed by atoms with Crippen molar-refractivity contribution in [2.24, 2.45) is 0 Å². The van der Waals surface area contributed by atoms with E-state index < -0.39 is 6.04 Å². The number of nitrogens with one attached hydrogen (secondary N) is 2. The third-order valence-electron chi connectivity index (χ3n) is 2.59. The van der Waals surface area contributed by atoms with Crippen LogP contribution in [0.1, 0.15) is 29.8 Å². The van der Waals surface area contributed by atoms with E-state index in [0.717, 1.165) is 12.8 Å². The van der Waals surface area contributed by atoms with Crippen LogP contribution < -0.4 is 10.6 Å². The largest absolute Gasteiger partial charge is 0.459 e. The monoisotopic (exact) mass is 222 g/mol. The first-order valence-corrected chi connectivity index (χ1v) is 5.39. The lowest BCUT2D eigenvalue weighted by molar-refractivity contribution is -0.122. The van der Waals surface area contributed by atoms with Crippen molar-refractivity contribution in [2.75, 3.05) is 6.54 Å². The van der Waals surface area contributed by atoms with Gasteiger partial charge in [0.2, 0.25) is 5.91 Å². The number of furan rings is 1. The smallest absolute Gasteiger partial charge is 0.287 e. The summed E-state index contributed by atoms with van der Waals surface area (Å²) in [4.78, 5) is 23.2. The van der Waals surface area contributed by atoms with E-state index >= 15 is 0 Å². The predicted octanol–water partition coefficient (Wildman–Crippen LogP) is 0.678. The van der Waals surface area contributed by atoms with Crippen molar-refractivity contribution in [1.82, 2.24) is 10.6 Å². The Morgan fingerprint density at radius 1 is 1.50 bits per heavy atom. The molecule has 5 heteroatoms. The van der Waals surface area contributed by atoms with Crippen LogP contribution in [0.25, 0.3) is 0 Å². The molecule has 1 unspecified atom stereocenters. The Bertz CT molecular complexity index is 373. The van der Waals surface area contributed by atoms with Gasteiger partial charge in [0.15, 0.2) is 5.76 Å². The maximum Gasteiger partial charge on any atom is 0.287 e. The van der Waals surface area contributed by atoms with Gasteiger partial charge in [0.1, 0.15) is 6.04 Å². The van der Waals surface area contributed by atoms with Crippen LogP contribution in [0.2, 0.25) is 0 Å². The van der Waals surface area contributed by atoms with E-state index in [-0.39, 0.29) is 17.6 Å². The maximum absolute atomic E-state index is 11.6. The summed E-state index contributed by atoms with van der Waals surface area (Å²) in [6.07, 6.45) is 4.00. The summed E-state index contributed by atoms with van der Waals surface area (Å²) < 4.78 is 4.96. The lowest BCUT2D eigenvalue weighted by Gasteiger charge is -2.13. The molecule has 2 amide bonds. The van der Waals surface area contributed by atoms with Crippen LogP contribution >= 0.6 is 0 Å². The van der Waals surface area contributed by atoms with E-state index in [4.69, 9.17) is 4.42 Å². The predicted molar refractivity (Wildman–Crippen MR) is 56.8 cm³/mol. The molecule has 1 aliphatic heterocycles. The standard InChI is InChI=1S/C11H14N2O3/c14-10-8(4-1-2-6-12-10)13-11(15)9-5-3-7-16-9/h3,5,7-8H,1-2,4,6H2,(H,12,14)(H,13,15). The van der Waals surface area contributed by atoms with Crippen molar-refractivity contribution in [3.8, 4) is 0 Å². The highest BCUT2D eigenvalue weighted by Crippen LogP contribution is 2.07. The van der Waals surface area contributed by atoms with Crippen molar-refractivity contribution in [3.05, 3.63) is 24.2 Å². The Morgan fingerprint density at radius 3 is 3.12 bits per heavy atom. The Labute approximate surface area is 93.2 Å². The van der Waals surface area contributed by atoms with Gasteiger partial charge < -0.3 is 15.1 Å². The van der Waals surface area contributed by atoms with E-state index in [9.17, 15) is 9.59 Å². The highest BCUT2D eigenvalue weighted by molar-refractivity contribution is 5.95. The van der Waals surface area contributed by atoms with E-state index in [0.29, 0.717) is 13.0 Å². The molecule has 2 N–H and O–H groups in total. The minimum absolute atomic E-state index is 0.114. The quantitative estimate of drug-likeness (QED) is 0.772. The molecule has 2 heterocycles. The van der Waals surface area contributed by atoms with Crippen LogP contribution in [-0.4, -0.2) is 24.4 Å². The molecule has 0 radical (unpaired) electrons. The molecule has 1 atom stereocenters. The molecule has 0 aromatic carbocycles. The molecule has 2 rings (SSSR count). The van der Waals surface area contributed by atoms with E-state index in [1.807, 2.05) is 0 Å². The molecule has 86 valence electrons. The maximum atomic E-state index is 11.6. The lowest BCUT2D eigenvalue weighted by Crippen LogP contribution is -2.45. The average molecular weight is 222 g/mol. The second-order valence-corrected chi connectivity index (χ2v) is 3.79. The van der Waals surface area contributed by atoms with E-state index in [1.54, 1.807) is 12.1 Å². The normalized spacial score (nSPS) is 21.0. The molecule has 1 aliphatic rings. The minimum Gasteiger partial charge on any atom is -0.459 e. The van der Waals surface area contributed by atoms with Gasteiger partial charge >= 0.3 is 0 Å². The Kier molecular flexibility index (Phi) is 3.24. The number of hydrogen-bond acceptors (Lipinski definition) is 3. The van der Waals surface area contributed by atoms with Gasteiger partial charge in [-0.15, -0.1) is 0 Å². The fraction of sp³-hybridized carbons (Fsp3) is 0.455. The number of carbonyl (C=O) groups excluding carboxylic acids is 2. The zero-order chi connectivity index (χ0) is 11.4. The SMILES string of the molecule is O=C(NC1CCCCNC1=O)c1ccco1. The van der Waals surface area contributed by atoms with Crippen LogP contribution in [0.5, 0.6) is 0 Å². The van der Waals surface area contributed by atoms with Crippen LogP contribution in [0.3, 0.4) is 0 Å². The third-order valence-corrected chi connectivity index (χ3v) is 2.59. The molecule has 1 fully saturated rings. The molecule has 0 spiro atoms. The zero-order valence-corrected chi connectivity index (χ0v) is 8.86. The van der Waals surface area contributed by atoms with Gasteiger partial charge in [0.05, 0.1) is 6.26 Å². The van der Waals surface area contributed by atoms with Crippen LogP contribution in [-0.2, 0) is 4.79 Å². The van der Waals surface area contributed by atoms with Gasteiger partial charge in [-0.25, -0.2) is 0 Å². The number of hydrogen-bond donors (Lipinski definition) is 2. The van der Waals surface area contributed by atoms with Crippen molar-refractivity contribution in [2.45, 2.75) is 25.3 Å². The summed E-state index contributed by atoms with van der Waals surface area (Å²) in [5.41, 5.74) is 0.